The van der Waals surface area contributed by atoms with Crippen LogP contribution < -0.4 is 0 Å². The standard InChI is InChI=1S/C4H6FO2S/c1-2-3-4(5)8(6)7/h1-3H2. The van der Waals surface area contributed by atoms with Crippen LogP contribution in [0.4, 0.5) is 4.39 Å². The number of hydrogen-bond acceptors (Lipinski definition) is 2. The second kappa shape index (κ2) is 3.60. The molecule has 0 aliphatic heterocycles. The van der Waals surface area contributed by atoms with Crippen LogP contribution in [0.3, 0.4) is 0 Å². The van der Waals surface area contributed by atoms with E-state index in [2.05, 4.69) is 6.92 Å². The lowest BCUT2D eigenvalue weighted by atomic mass is 10.4. The van der Waals surface area contributed by atoms with Crippen molar-refractivity contribution in [3.63, 3.8) is 0 Å². The summed E-state index contributed by atoms with van der Waals surface area (Å²) in [6.07, 6.45) is 0.190. The molecular formula is C4H6FO2S. The van der Waals surface area contributed by atoms with Crippen LogP contribution in [-0.4, -0.2) is 13.5 Å². The molecule has 0 saturated heterocycles. The van der Waals surface area contributed by atoms with Gasteiger partial charge in [-0.3, -0.25) is 0 Å². The molecule has 0 bridgehead atoms. The Bertz CT molecular complexity index is 172. The van der Waals surface area contributed by atoms with Gasteiger partial charge in [-0.15, -0.1) is 0 Å². The predicted octanol–water partition coefficient (Wildman–Crippen LogP) is 0.579. The Hall–Kier alpha value is -0.380. The lowest BCUT2D eigenvalue weighted by Gasteiger charge is -1.80. The van der Waals surface area contributed by atoms with Crippen molar-refractivity contribution in [2.24, 2.45) is 0 Å². The third-order valence-electron chi connectivity index (χ3n) is 0.554. The van der Waals surface area contributed by atoms with E-state index in [4.69, 9.17) is 0 Å². The van der Waals surface area contributed by atoms with Crippen LogP contribution in [0.25, 0.3) is 0 Å². The molecule has 0 aliphatic carbocycles. The number of rotatable bonds is 2. The van der Waals surface area contributed by atoms with E-state index in [1.807, 2.05) is 0 Å². The predicted molar refractivity (Wildman–Crippen MR) is 29.6 cm³/mol. The summed E-state index contributed by atoms with van der Waals surface area (Å²) in [6, 6.07) is 0. The second-order valence-electron chi connectivity index (χ2n) is 1.19. The summed E-state index contributed by atoms with van der Waals surface area (Å²) in [6.45, 7) is 3.27. The molecular weight excluding hydrogens is 131 g/mol. The summed E-state index contributed by atoms with van der Waals surface area (Å²) in [4.78, 5) is 0. The van der Waals surface area contributed by atoms with Gasteiger partial charge in [0.15, 0.2) is 0 Å². The molecule has 4 heteroatoms. The first kappa shape index (κ1) is 7.62. The maximum absolute atomic E-state index is 11.8. The average Bonchev–Trinajstić information content (AvgIpc) is 1.67. The molecule has 0 rings (SSSR count). The highest BCUT2D eigenvalue weighted by Gasteiger charge is 1.93. The van der Waals surface area contributed by atoms with Gasteiger partial charge in [-0.2, -0.15) is 12.8 Å². The smallest absolute Gasteiger partial charge is 0.194 e. The van der Waals surface area contributed by atoms with Crippen LogP contribution in [0.5, 0.6) is 0 Å². The first-order valence-electron chi connectivity index (χ1n) is 2.08. The van der Waals surface area contributed by atoms with Gasteiger partial charge in [0.25, 0.3) is 0 Å². The zero-order valence-electron chi connectivity index (χ0n) is 4.22. The highest BCUT2D eigenvalue weighted by atomic mass is 32.2. The summed E-state index contributed by atoms with van der Waals surface area (Å²) < 4.78 is 31.1. The Kier molecular flexibility index (Phi) is 3.43. The van der Waals surface area contributed by atoms with Gasteiger partial charge in [0.1, 0.15) is 0 Å². The van der Waals surface area contributed by atoms with Crippen molar-refractivity contribution < 1.29 is 12.8 Å². The Balaban J connectivity index is 4.03. The van der Waals surface area contributed by atoms with E-state index in [9.17, 15) is 12.8 Å². The second-order valence-corrected chi connectivity index (χ2v) is 2.11. The molecule has 0 fully saturated rings. The molecule has 0 aromatic carbocycles. The summed E-state index contributed by atoms with van der Waals surface area (Å²) >= 11 is 0. The molecule has 0 unspecified atom stereocenters. The third kappa shape index (κ3) is 2.74. The Morgan fingerprint density at radius 2 is 2.12 bits per heavy atom. The lowest BCUT2D eigenvalue weighted by Crippen LogP contribution is -1.87. The molecule has 0 heterocycles. The monoisotopic (exact) mass is 137 g/mol. The van der Waals surface area contributed by atoms with Gasteiger partial charge in [-0.05, 0) is 6.42 Å². The van der Waals surface area contributed by atoms with E-state index < -0.39 is 15.4 Å². The Morgan fingerprint density at radius 1 is 1.62 bits per heavy atom. The minimum atomic E-state index is -2.65. The van der Waals surface area contributed by atoms with Crippen molar-refractivity contribution in [3.8, 4) is 0 Å². The van der Waals surface area contributed by atoms with E-state index in [-0.39, 0.29) is 12.8 Å². The maximum Gasteiger partial charge on any atom is 0.246 e. The topological polar surface area (TPSA) is 34.1 Å². The summed E-state index contributed by atoms with van der Waals surface area (Å²) in [5, 5.41) is -1.01. The maximum atomic E-state index is 11.8. The first-order valence-corrected chi connectivity index (χ1v) is 3.15. The Labute approximate surface area is 48.9 Å². The normalized spacial score (nSPS) is 8.75. The van der Waals surface area contributed by atoms with E-state index in [0.717, 1.165) is 0 Å². The molecule has 0 amide bonds. The van der Waals surface area contributed by atoms with Gasteiger partial charge in [-0.25, -0.2) is 0 Å². The number of hydrogen-bond donors (Lipinski definition) is 0. The van der Waals surface area contributed by atoms with Crippen molar-refractivity contribution >= 4 is 15.4 Å². The first-order chi connectivity index (χ1) is 3.68. The largest absolute Gasteiger partial charge is 0.246 e. The molecule has 0 aliphatic rings. The van der Waals surface area contributed by atoms with Crippen molar-refractivity contribution in [3.05, 3.63) is 6.92 Å². The fourth-order valence-electron chi connectivity index (χ4n) is 0.222. The average molecular weight is 137 g/mol. The van der Waals surface area contributed by atoms with E-state index in [1.54, 1.807) is 0 Å². The van der Waals surface area contributed by atoms with Crippen LogP contribution in [0.1, 0.15) is 12.8 Å². The van der Waals surface area contributed by atoms with Crippen molar-refractivity contribution in [1.82, 2.24) is 0 Å². The zero-order chi connectivity index (χ0) is 6.57. The van der Waals surface area contributed by atoms with Crippen LogP contribution in [-0.2, 0) is 10.3 Å². The molecule has 0 atom stereocenters. The lowest BCUT2D eigenvalue weighted by molar-refractivity contribution is 0.622. The summed E-state index contributed by atoms with van der Waals surface area (Å²) in [5.74, 6) is 0. The quantitative estimate of drug-likeness (QED) is 0.412. The minimum Gasteiger partial charge on any atom is -0.194 e. The highest BCUT2D eigenvalue weighted by Crippen LogP contribution is 1.88. The summed E-state index contributed by atoms with van der Waals surface area (Å²) in [5.41, 5.74) is 0. The highest BCUT2D eigenvalue weighted by molar-refractivity contribution is 7.72. The van der Waals surface area contributed by atoms with Gasteiger partial charge in [0, 0.05) is 6.42 Å². The molecule has 1 radical (unpaired) electrons. The van der Waals surface area contributed by atoms with Crippen LogP contribution in [0.15, 0.2) is 0 Å². The van der Waals surface area contributed by atoms with Crippen molar-refractivity contribution in [2.45, 2.75) is 12.8 Å². The van der Waals surface area contributed by atoms with Gasteiger partial charge in [0.2, 0.25) is 15.4 Å². The molecule has 8 heavy (non-hydrogen) atoms. The SMILES string of the molecule is [CH2]CCC(F)=S(=O)=O. The van der Waals surface area contributed by atoms with E-state index in [0.29, 0.717) is 0 Å². The molecule has 0 aromatic heterocycles. The van der Waals surface area contributed by atoms with Gasteiger partial charge in [0.05, 0.1) is 0 Å². The third-order valence-corrected chi connectivity index (χ3v) is 1.12. The van der Waals surface area contributed by atoms with Gasteiger partial charge in [-0.1, -0.05) is 6.92 Å². The van der Waals surface area contributed by atoms with E-state index >= 15 is 0 Å². The fourth-order valence-corrected chi connectivity index (χ4v) is 0.533. The molecule has 0 N–H and O–H groups in total. The van der Waals surface area contributed by atoms with Crippen molar-refractivity contribution in [2.75, 3.05) is 0 Å². The number of halogens is 1. The molecule has 47 valence electrons. The van der Waals surface area contributed by atoms with E-state index in [1.165, 1.54) is 0 Å². The fraction of sp³-hybridized carbons (Fsp3) is 0.500. The van der Waals surface area contributed by atoms with Crippen LogP contribution in [0, 0.1) is 6.92 Å². The molecule has 2 nitrogen and oxygen atoms in total. The van der Waals surface area contributed by atoms with Crippen LogP contribution in [0.2, 0.25) is 0 Å². The van der Waals surface area contributed by atoms with Gasteiger partial charge >= 0.3 is 0 Å². The summed E-state index contributed by atoms with van der Waals surface area (Å²) in [7, 11) is -2.65. The zero-order valence-corrected chi connectivity index (χ0v) is 5.04. The van der Waals surface area contributed by atoms with Gasteiger partial charge < -0.3 is 0 Å². The molecule has 0 spiro atoms. The minimum absolute atomic E-state index is 0.0872. The van der Waals surface area contributed by atoms with Crippen LogP contribution >= 0.6 is 0 Å². The van der Waals surface area contributed by atoms with Crippen molar-refractivity contribution in [1.29, 1.82) is 0 Å². The Morgan fingerprint density at radius 3 is 2.25 bits per heavy atom. The molecule has 0 saturated carbocycles. The molecule has 0 aromatic rings.